The topological polar surface area (TPSA) is 80.3 Å². The molecule has 0 bridgehead atoms. The van der Waals surface area contributed by atoms with Gasteiger partial charge in [0.2, 0.25) is 0 Å². The fraction of sp³-hybridized carbons (Fsp3) is 0.240. The van der Waals surface area contributed by atoms with Gasteiger partial charge in [-0.3, -0.25) is 9.89 Å². The number of nitrogens with one attached hydrogen (secondary N) is 1. The first-order chi connectivity index (χ1) is 16.7. The van der Waals surface area contributed by atoms with Gasteiger partial charge < -0.3 is 14.4 Å². The lowest BCUT2D eigenvalue weighted by atomic mass is 9.90. The molecule has 0 unspecified atom stereocenters. The Hall–Kier alpha value is -3.30. The standard InChI is InChI=1S/C25H24N4O3S2/c1-31-20-12-18-9-10-29(23(22-4-3-11-33-22)19(18)13-21(20)32-2)24(30)17-7-5-16(6-8-17)14-34-25-26-15-27-28-25/h3-8,11-13,15,23H,9-10,14H2,1-2H3,(H,26,27,28)/t23-/m1/s1. The first-order valence-electron chi connectivity index (χ1n) is 10.8. The molecule has 0 spiro atoms. The van der Waals surface area contributed by atoms with Gasteiger partial charge in [-0.2, -0.15) is 5.10 Å². The Kier molecular flexibility index (Phi) is 6.55. The van der Waals surface area contributed by atoms with Gasteiger partial charge in [0.05, 0.1) is 20.3 Å². The second-order valence-electron chi connectivity index (χ2n) is 7.85. The zero-order valence-corrected chi connectivity index (χ0v) is 20.5. The highest BCUT2D eigenvalue weighted by Gasteiger charge is 2.34. The number of aromatic amines is 1. The van der Waals surface area contributed by atoms with Crippen LogP contribution in [-0.2, 0) is 12.2 Å². The van der Waals surface area contributed by atoms with Crippen LogP contribution in [0.3, 0.4) is 0 Å². The van der Waals surface area contributed by atoms with Crippen molar-refractivity contribution < 1.29 is 14.3 Å². The van der Waals surface area contributed by atoms with Crippen LogP contribution in [0.5, 0.6) is 11.5 Å². The molecule has 0 radical (unpaired) electrons. The van der Waals surface area contributed by atoms with Crippen LogP contribution in [0.2, 0.25) is 0 Å². The van der Waals surface area contributed by atoms with E-state index in [-0.39, 0.29) is 11.9 Å². The Labute approximate surface area is 206 Å². The second kappa shape index (κ2) is 9.90. The zero-order chi connectivity index (χ0) is 23.5. The van der Waals surface area contributed by atoms with Crippen molar-refractivity contribution in [2.24, 2.45) is 0 Å². The quantitative estimate of drug-likeness (QED) is 0.367. The number of hydrogen-bond acceptors (Lipinski definition) is 7. The number of rotatable bonds is 7. The molecule has 0 saturated heterocycles. The molecule has 1 N–H and O–H groups in total. The van der Waals surface area contributed by atoms with Gasteiger partial charge in [0.25, 0.3) is 5.91 Å². The molecule has 1 amide bonds. The highest BCUT2D eigenvalue weighted by Crippen LogP contribution is 2.42. The third-order valence-electron chi connectivity index (χ3n) is 5.92. The summed E-state index contributed by atoms with van der Waals surface area (Å²) in [6.07, 6.45) is 2.26. The molecule has 2 aromatic heterocycles. The first-order valence-corrected chi connectivity index (χ1v) is 12.7. The average Bonchev–Trinajstić information content (AvgIpc) is 3.60. The third-order valence-corrected chi connectivity index (χ3v) is 7.79. The number of ether oxygens (including phenoxy) is 2. The summed E-state index contributed by atoms with van der Waals surface area (Å²) in [7, 11) is 3.28. The molecule has 1 atom stereocenters. The van der Waals surface area contributed by atoms with E-state index < -0.39 is 0 Å². The summed E-state index contributed by atoms with van der Waals surface area (Å²) >= 11 is 3.23. The van der Waals surface area contributed by atoms with Crippen molar-refractivity contribution in [3.8, 4) is 11.5 Å². The minimum atomic E-state index is -0.169. The lowest BCUT2D eigenvalue weighted by Gasteiger charge is -2.37. The van der Waals surface area contributed by atoms with Crippen LogP contribution in [0.1, 0.15) is 38.0 Å². The number of methoxy groups -OCH3 is 2. The maximum atomic E-state index is 13.7. The van der Waals surface area contributed by atoms with Gasteiger partial charge >= 0.3 is 0 Å². The summed E-state index contributed by atoms with van der Waals surface area (Å²) in [5.74, 6) is 2.16. The van der Waals surface area contributed by atoms with Crippen molar-refractivity contribution in [3.63, 3.8) is 0 Å². The summed E-state index contributed by atoms with van der Waals surface area (Å²) < 4.78 is 11.1. The molecule has 9 heteroatoms. The van der Waals surface area contributed by atoms with Crippen molar-refractivity contribution >= 4 is 29.0 Å². The summed E-state index contributed by atoms with van der Waals surface area (Å²) in [4.78, 5) is 20.9. The molecular weight excluding hydrogens is 468 g/mol. The SMILES string of the molecule is COc1cc2c(cc1OC)[C@H](c1cccs1)N(C(=O)c1ccc(CSc3ncn[nH]3)cc1)CC2. The predicted octanol–water partition coefficient (Wildman–Crippen LogP) is 4.96. The Bertz CT molecular complexity index is 1260. The van der Waals surface area contributed by atoms with Crippen molar-refractivity contribution in [1.82, 2.24) is 20.1 Å². The van der Waals surface area contributed by atoms with Crippen LogP contribution < -0.4 is 9.47 Å². The fourth-order valence-corrected chi connectivity index (χ4v) is 5.83. The molecule has 0 saturated carbocycles. The molecule has 4 aromatic rings. The Balaban J connectivity index is 1.43. The van der Waals surface area contributed by atoms with Crippen LogP contribution in [0.25, 0.3) is 0 Å². The van der Waals surface area contributed by atoms with Gasteiger partial charge in [-0.05, 0) is 58.8 Å². The molecule has 1 aliphatic heterocycles. The van der Waals surface area contributed by atoms with E-state index in [0.717, 1.165) is 33.3 Å². The molecule has 34 heavy (non-hydrogen) atoms. The minimum Gasteiger partial charge on any atom is -0.493 e. The Morgan fingerprint density at radius 2 is 1.97 bits per heavy atom. The van der Waals surface area contributed by atoms with Crippen molar-refractivity contribution in [3.05, 3.63) is 87.4 Å². The number of thiophene rings is 1. The monoisotopic (exact) mass is 492 g/mol. The van der Waals surface area contributed by atoms with E-state index in [4.69, 9.17) is 9.47 Å². The molecule has 2 aromatic carbocycles. The minimum absolute atomic E-state index is 0.0215. The molecular formula is C25H24N4O3S2. The number of H-pyrrole nitrogens is 1. The predicted molar refractivity (Wildman–Crippen MR) is 133 cm³/mol. The lowest BCUT2D eigenvalue weighted by molar-refractivity contribution is 0.0697. The number of aromatic nitrogens is 3. The number of carbonyl (C=O) groups is 1. The smallest absolute Gasteiger partial charge is 0.254 e. The summed E-state index contributed by atoms with van der Waals surface area (Å²) in [5.41, 5.74) is 4.06. The summed E-state index contributed by atoms with van der Waals surface area (Å²) in [5, 5.41) is 9.54. The number of benzene rings is 2. The number of fused-ring (bicyclic) bond motifs is 1. The van der Waals surface area contributed by atoms with E-state index in [1.54, 1.807) is 37.3 Å². The molecule has 3 heterocycles. The molecule has 5 rings (SSSR count). The first kappa shape index (κ1) is 22.5. The maximum Gasteiger partial charge on any atom is 0.254 e. The van der Waals surface area contributed by atoms with Gasteiger partial charge in [0.1, 0.15) is 6.33 Å². The highest BCUT2D eigenvalue weighted by atomic mass is 32.2. The van der Waals surface area contributed by atoms with Crippen molar-refractivity contribution in [1.29, 1.82) is 0 Å². The van der Waals surface area contributed by atoms with Gasteiger partial charge in [0, 0.05) is 22.7 Å². The summed E-state index contributed by atoms with van der Waals surface area (Å²) in [6, 6.07) is 15.8. The second-order valence-corrected chi connectivity index (χ2v) is 9.79. The van der Waals surface area contributed by atoms with Gasteiger partial charge in [0.15, 0.2) is 16.7 Å². The molecule has 174 valence electrons. The number of hydrogen-bond donors (Lipinski definition) is 1. The largest absolute Gasteiger partial charge is 0.493 e. The number of nitrogens with zero attached hydrogens (tertiary/aromatic N) is 3. The molecule has 0 aliphatic carbocycles. The molecule has 1 aliphatic rings. The Morgan fingerprint density at radius 1 is 1.18 bits per heavy atom. The number of carbonyl (C=O) groups excluding carboxylic acids is 1. The van der Waals surface area contributed by atoms with Crippen LogP contribution in [0.4, 0.5) is 0 Å². The lowest BCUT2D eigenvalue weighted by Crippen LogP contribution is -2.40. The maximum absolute atomic E-state index is 13.7. The van der Waals surface area contributed by atoms with Crippen LogP contribution in [-0.4, -0.2) is 46.8 Å². The van der Waals surface area contributed by atoms with Crippen LogP contribution in [0.15, 0.2) is 65.4 Å². The van der Waals surface area contributed by atoms with Gasteiger partial charge in [-0.15, -0.1) is 11.3 Å². The van der Waals surface area contributed by atoms with E-state index in [0.29, 0.717) is 23.6 Å². The molecule has 7 nitrogen and oxygen atoms in total. The van der Waals surface area contributed by atoms with E-state index >= 15 is 0 Å². The third kappa shape index (κ3) is 4.41. The Morgan fingerprint density at radius 3 is 2.65 bits per heavy atom. The zero-order valence-electron chi connectivity index (χ0n) is 18.9. The molecule has 0 fully saturated rings. The van der Waals surface area contributed by atoms with Crippen molar-refractivity contribution in [2.75, 3.05) is 20.8 Å². The normalized spacial score (nSPS) is 15.1. The van der Waals surface area contributed by atoms with E-state index in [2.05, 4.69) is 21.2 Å². The number of thioether (sulfide) groups is 1. The van der Waals surface area contributed by atoms with Crippen LogP contribution in [0, 0.1) is 0 Å². The van der Waals surface area contributed by atoms with E-state index in [9.17, 15) is 4.79 Å². The van der Waals surface area contributed by atoms with Crippen LogP contribution >= 0.6 is 23.1 Å². The van der Waals surface area contributed by atoms with Gasteiger partial charge in [-0.25, -0.2) is 4.98 Å². The average molecular weight is 493 g/mol. The number of amides is 1. The van der Waals surface area contributed by atoms with Crippen molar-refractivity contribution in [2.45, 2.75) is 23.4 Å². The fourth-order valence-electron chi connectivity index (χ4n) is 4.24. The van der Waals surface area contributed by atoms with E-state index in [1.165, 1.54) is 11.9 Å². The van der Waals surface area contributed by atoms with E-state index in [1.807, 2.05) is 52.7 Å². The summed E-state index contributed by atoms with van der Waals surface area (Å²) in [6.45, 7) is 0.632. The highest BCUT2D eigenvalue weighted by molar-refractivity contribution is 7.98. The van der Waals surface area contributed by atoms with Gasteiger partial charge in [-0.1, -0.05) is 30.0 Å².